The highest BCUT2D eigenvalue weighted by atomic mass is 32.2. The van der Waals surface area contributed by atoms with E-state index in [2.05, 4.69) is 23.7 Å². The van der Waals surface area contributed by atoms with Crippen LogP contribution in [0.25, 0.3) is 0 Å². The Hall–Kier alpha value is -2.38. The number of likely N-dealkylation sites (tertiary alicyclic amines) is 1. The van der Waals surface area contributed by atoms with Gasteiger partial charge in [-0.15, -0.1) is 0 Å². The van der Waals surface area contributed by atoms with E-state index in [1.165, 1.54) is 6.07 Å². The molecule has 0 aromatic heterocycles. The van der Waals surface area contributed by atoms with Crippen LogP contribution in [-0.2, 0) is 10.0 Å². The van der Waals surface area contributed by atoms with Crippen molar-refractivity contribution in [2.45, 2.75) is 37.6 Å². The van der Waals surface area contributed by atoms with E-state index in [1.54, 1.807) is 31.2 Å². The molecule has 7 heteroatoms. The molecule has 1 saturated heterocycles. The summed E-state index contributed by atoms with van der Waals surface area (Å²) in [6.07, 6.45) is 1.84. The number of rotatable bonds is 5. The maximum Gasteiger partial charge on any atom is 0.262 e. The molecule has 1 aliphatic rings. The largest absolute Gasteiger partial charge is 0.339 e. The third-order valence-corrected chi connectivity index (χ3v) is 7.03. The second-order valence-corrected chi connectivity index (χ2v) is 9.59. The molecule has 6 nitrogen and oxygen atoms in total. The van der Waals surface area contributed by atoms with Gasteiger partial charge in [0.15, 0.2) is 0 Å². The summed E-state index contributed by atoms with van der Waals surface area (Å²) in [5, 5.41) is 0. The van der Waals surface area contributed by atoms with Crippen molar-refractivity contribution >= 4 is 21.6 Å². The average molecular weight is 416 g/mol. The molecule has 156 valence electrons. The van der Waals surface area contributed by atoms with E-state index in [9.17, 15) is 13.2 Å². The predicted octanol–water partition coefficient (Wildman–Crippen LogP) is 3.27. The maximum atomic E-state index is 13.0. The van der Waals surface area contributed by atoms with E-state index in [4.69, 9.17) is 0 Å². The number of nitrogens with zero attached hydrogens (tertiary/aromatic N) is 2. The van der Waals surface area contributed by atoms with Gasteiger partial charge in [-0.1, -0.05) is 23.8 Å². The highest BCUT2D eigenvalue weighted by Crippen LogP contribution is 2.23. The monoisotopic (exact) mass is 415 g/mol. The highest BCUT2D eigenvalue weighted by molar-refractivity contribution is 7.92. The lowest BCUT2D eigenvalue weighted by Crippen LogP contribution is -2.44. The molecule has 2 aromatic rings. The summed E-state index contributed by atoms with van der Waals surface area (Å²) in [5.41, 5.74) is 2.56. The molecule has 0 bridgehead atoms. The molecular weight excluding hydrogens is 386 g/mol. The van der Waals surface area contributed by atoms with Gasteiger partial charge in [0.2, 0.25) is 0 Å². The molecule has 0 aliphatic carbocycles. The van der Waals surface area contributed by atoms with E-state index in [-0.39, 0.29) is 10.8 Å². The number of benzene rings is 2. The number of hydrogen-bond donors (Lipinski definition) is 1. The quantitative estimate of drug-likeness (QED) is 0.814. The van der Waals surface area contributed by atoms with Crippen LogP contribution in [0.3, 0.4) is 0 Å². The second kappa shape index (κ2) is 8.55. The van der Waals surface area contributed by atoms with E-state index < -0.39 is 10.0 Å². The number of carbonyl (C=O) groups excluding carboxylic acids is 1. The smallest absolute Gasteiger partial charge is 0.262 e. The fourth-order valence-corrected chi connectivity index (χ4v) is 4.95. The van der Waals surface area contributed by atoms with Crippen molar-refractivity contribution in [2.75, 3.05) is 31.9 Å². The van der Waals surface area contributed by atoms with Crippen LogP contribution in [0.1, 0.15) is 34.3 Å². The topological polar surface area (TPSA) is 69.7 Å². The molecule has 0 unspecified atom stereocenters. The molecule has 1 fully saturated rings. The van der Waals surface area contributed by atoms with Gasteiger partial charge in [0.1, 0.15) is 0 Å². The van der Waals surface area contributed by atoms with Crippen molar-refractivity contribution in [3.63, 3.8) is 0 Å². The fraction of sp³-hybridized carbons (Fsp3) is 0.409. The Labute approximate surface area is 173 Å². The number of sulfonamides is 1. The van der Waals surface area contributed by atoms with Crippen molar-refractivity contribution in [2.24, 2.45) is 0 Å². The Morgan fingerprint density at radius 3 is 2.24 bits per heavy atom. The predicted molar refractivity (Wildman–Crippen MR) is 116 cm³/mol. The molecule has 0 spiro atoms. The first kappa shape index (κ1) is 21.3. The number of carbonyl (C=O) groups is 1. The Bertz CT molecular complexity index is 977. The third kappa shape index (κ3) is 4.97. The molecule has 1 aliphatic heterocycles. The summed E-state index contributed by atoms with van der Waals surface area (Å²) in [7, 11) is 0.321. The van der Waals surface area contributed by atoms with Crippen LogP contribution in [0.5, 0.6) is 0 Å². The summed E-state index contributed by atoms with van der Waals surface area (Å²) < 4.78 is 28.5. The minimum Gasteiger partial charge on any atom is -0.339 e. The Morgan fingerprint density at radius 2 is 1.66 bits per heavy atom. The molecule has 1 N–H and O–H groups in total. The zero-order chi connectivity index (χ0) is 21.2. The number of amides is 1. The summed E-state index contributed by atoms with van der Waals surface area (Å²) in [6, 6.07) is 12.5. The van der Waals surface area contributed by atoms with E-state index in [0.29, 0.717) is 35.9 Å². The normalized spacial score (nSPS) is 15.6. The number of anilines is 1. The first-order valence-electron chi connectivity index (χ1n) is 9.83. The molecule has 1 heterocycles. The van der Waals surface area contributed by atoms with Crippen molar-refractivity contribution in [1.29, 1.82) is 0 Å². The second-order valence-electron chi connectivity index (χ2n) is 7.94. The zero-order valence-electron chi connectivity index (χ0n) is 17.5. The van der Waals surface area contributed by atoms with Gasteiger partial charge in [-0.3, -0.25) is 9.52 Å². The lowest BCUT2D eigenvalue weighted by molar-refractivity contribution is 0.0663. The maximum absolute atomic E-state index is 13.0. The van der Waals surface area contributed by atoms with Gasteiger partial charge < -0.3 is 9.80 Å². The zero-order valence-corrected chi connectivity index (χ0v) is 18.3. The van der Waals surface area contributed by atoms with Crippen LogP contribution in [0.2, 0.25) is 0 Å². The third-order valence-electron chi connectivity index (χ3n) is 5.51. The molecule has 29 heavy (non-hydrogen) atoms. The van der Waals surface area contributed by atoms with Gasteiger partial charge in [-0.2, -0.15) is 0 Å². The van der Waals surface area contributed by atoms with Crippen molar-refractivity contribution in [1.82, 2.24) is 9.80 Å². The highest BCUT2D eigenvalue weighted by Gasteiger charge is 2.26. The van der Waals surface area contributed by atoms with Gasteiger partial charge >= 0.3 is 0 Å². The van der Waals surface area contributed by atoms with Crippen molar-refractivity contribution in [3.8, 4) is 0 Å². The van der Waals surface area contributed by atoms with Gasteiger partial charge in [0.05, 0.1) is 4.90 Å². The van der Waals surface area contributed by atoms with Crippen LogP contribution in [-0.4, -0.2) is 57.4 Å². The number of nitrogens with one attached hydrogen (secondary N) is 1. The first-order chi connectivity index (χ1) is 13.7. The molecule has 0 radical (unpaired) electrons. The Balaban J connectivity index is 1.80. The fourth-order valence-electron chi connectivity index (χ4n) is 3.62. The van der Waals surface area contributed by atoms with Crippen LogP contribution in [0, 0.1) is 13.8 Å². The van der Waals surface area contributed by atoms with E-state index >= 15 is 0 Å². The molecule has 0 saturated carbocycles. The standard InChI is InChI=1S/C22H29N3O3S/c1-16-5-9-19(10-6-16)23-29(27,28)21-15-18(8-7-17(21)2)22(26)25-13-11-20(12-14-25)24(3)4/h5-10,15,20,23H,11-14H2,1-4H3. The lowest BCUT2D eigenvalue weighted by Gasteiger charge is -2.35. The van der Waals surface area contributed by atoms with Gasteiger partial charge in [0, 0.05) is 30.4 Å². The lowest BCUT2D eigenvalue weighted by atomic mass is 10.0. The van der Waals surface area contributed by atoms with Crippen molar-refractivity contribution < 1.29 is 13.2 Å². The van der Waals surface area contributed by atoms with Crippen LogP contribution in [0.4, 0.5) is 5.69 Å². The van der Waals surface area contributed by atoms with E-state index in [1.807, 2.05) is 24.0 Å². The van der Waals surface area contributed by atoms with Gasteiger partial charge in [-0.25, -0.2) is 8.42 Å². The summed E-state index contributed by atoms with van der Waals surface area (Å²) in [6.45, 7) is 5.04. The Kier molecular flexibility index (Phi) is 6.29. The minimum atomic E-state index is -3.79. The number of piperidine rings is 1. The summed E-state index contributed by atoms with van der Waals surface area (Å²) in [5.74, 6) is -0.117. The molecule has 2 aromatic carbocycles. The van der Waals surface area contributed by atoms with Gasteiger partial charge in [0.25, 0.3) is 15.9 Å². The first-order valence-corrected chi connectivity index (χ1v) is 11.3. The Morgan fingerprint density at radius 1 is 1.03 bits per heavy atom. The number of hydrogen-bond acceptors (Lipinski definition) is 4. The average Bonchev–Trinajstić information content (AvgIpc) is 2.69. The molecule has 3 rings (SSSR count). The van der Waals surface area contributed by atoms with Crippen LogP contribution < -0.4 is 4.72 Å². The number of aryl methyl sites for hydroxylation is 2. The summed E-state index contributed by atoms with van der Waals surface area (Å²) in [4.78, 5) is 17.1. The SMILES string of the molecule is Cc1ccc(NS(=O)(=O)c2cc(C(=O)N3CCC(N(C)C)CC3)ccc2C)cc1. The van der Waals surface area contributed by atoms with Crippen LogP contribution in [0.15, 0.2) is 47.4 Å². The van der Waals surface area contributed by atoms with Crippen molar-refractivity contribution in [3.05, 3.63) is 59.2 Å². The molecular formula is C22H29N3O3S. The van der Waals surface area contributed by atoms with Gasteiger partial charge in [-0.05, 0) is 70.6 Å². The molecule has 0 atom stereocenters. The van der Waals surface area contributed by atoms with Crippen LogP contribution >= 0.6 is 0 Å². The summed E-state index contributed by atoms with van der Waals surface area (Å²) >= 11 is 0. The van der Waals surface area contributed by atoms with E-state index in [0.717, 1.165) is 18.4 Å². The molecule has 1 amide bonds. The minimum absolute atomic E-state index is 0.117.